The zero-order valence-electron chi connectivity index (χ0n) is 11.2. The van der Waals surface area contributed by atoms with Gasteiger partial charge in [-0.1, -0.05) is 40.2 Å². The Hall–Kier alpha value is -1.19. The highest BCUT2D eigenvalue weighted by molar-refractivity contribution is 9.10. The lowest BCUT2D eigenvalue weighted by Crippen LogP contribution is -2.14. The topological polar surface area (TPSA) is 26.0 Å². The molecule has 0 saturated carbocycles. The van der Waals surface area contributed by atoms with E-state index >= 15 is 0 Å². The molecule has 20 heavy (non-hydrogen) atoms. The minimum absolute atomic E-state index is 0.225. The van der Waals surface area contributed by atoms with Crippen molar-refractivity contribution in [1.29, 1.82) is 0 Å². The molecule has 1 aliphatic carbocycles. The van der Waals surface area contributed by atoms with Crippen LogP contribution in [-0.2, 0) is 12.8 Å². The van der Waals surface area contributed by atoms with E-state index in [4.69, 9.17) is 5.73 Å². The molecule has 1 atom stereocenters. The fourth-order valence-corrected chi connectivity index (χ4v) is 3.48. The number of benzene rings is 2. The number of halogens is 2. The molecule has 0 spiro atoms. The average Bonchev–Trinajstić information content (AvgIpc) is 2.46. The number of nitrogens with two attached hydrogens (primary N) is 1. The Bertz CT molecular complexity index is 639. The third-order valence-corrected chi connectivity index (χ3v) is 4.72. The minimum atomic E-state index is -0.252. The zero-order valence-corrected chi connectivity index (χ0v) is 12.8. The molecule has 3 heteroatoms. The van der Waals surface area contributed by atoms with Gasteiger partial charge < -0.3 is 5.73 Å². The van der Waals surface area contributed by atoms with Crippen molar-refractivity contribution in [2.45, 2.75) is 31.7 Å². The second-order valence-electron chi connectivity index (χ2n) is 5.38. The van der Waals surface area contributed by atoms with Crippen LogP contribution in [0.1, 0.15) is 41.1 Å². The summed E-state index contributed by atoms with van der Waals surface area (Å²) in [5, 5.41) is 0. The quantitative estimate of drug-likeness (QED) is 0.859. The third-order valence-electron chi connectivity index (χ3n) is 4.03. The molecule has 3 rings (SSSR count). The Morgan fingerprint density at radius 3 is 2.50 bits per heavy atom. The molecule has 2 aromatic carbocycles. The summed E-state index contributed by atoms with van der Waals surface area (Å²) in [6.45, 7) is 0. The molecule has 1 nitrogen and oxygen atoms in total. The van der Waals surface area contributed by atoms with E-state index in [0.29, 0.717) is 0 Å². The maximum Gasteiger partial charge on any atom is 0.124 e. The summed E-state index contributed by atoms with van der Waals surface area (Å²) >= 11 is 3.40. The van der Waals surface area contributed by atoms with E-state index in [0.717, 1.165) is 22.0 Å². The summed E-state index contributed by atoms with van der Waals surface area (Å²) in [7, 11) is 0. The molecule has 0 aromatic heterocycles. The van der Waals surface area contributed by atoms with Gasteiger partial charge in [0.25, 0.3) is 0 Å². The van der Waals surface area contributed by atoms with Crippen molar-refractivity contribution < 1.29 is 4.39 Å². The van der Waals surface area contributed by atoms with Crippen LogP contribution in [0.3, 0.4) is 0 Å². The highest BCUT2D eigenvalue weighted by Crippen LogP contribution is 2.30. The lowest BCUT2D eigenvalue weighted by molar-refractivity contribution is 0.625. The maximum absolute atomic E-state index is 13.2. The maximum atomic E-state index is 13.2. The minimum Gasteiger partial charge on any atom is -0.320 e. The second-order valence-corrected chi connectivity index (χ2v) is 6.23. The molecule has 0 fully saturated rings. The van der Waals surface area contributed by atoms with Gasteiger partial charge in [0.05, 0.1) is 6.04 Å². The number of hydrogen-bond acceptors (Lipinski definition) is 1. The van der Waals surface area contributed by atoms with Crippen LogP contribution in [0.4, 0.5) is 4.39 Å². The van der Waals surface area contributed by atoms with Gasteiger partial charge in [-0.2, -0.15) is 0 Å². The first-order chi connectivity index (χ1) is 9.65. The molecule has 0 amide bonds. The number of rotatable bonds is 2. The summed E-state index contributed by atoms with van der Waals surface area (Å²) in [6.07, 6.45) is 4.85. The second kappa shape index (κ2) is 5.66. The SMILES string of the molecule is NC(c1ccc2c(c1)CCCC2)c1ccc(F)cc1Br. The van der Waals surface area contributed by atoms with Gasteiger partial charge in [-0.15, -0.1) is 0 Å². The van der Waals surface area contributed by atoms with E-state index in [2.05, 4.69) is 34.1 Å². The molecular weight excluding hydrogens is 317 g/mol. The molecule has 2 N–H and O–H groups in total. The number of fused-ring (bicyclic) bond motifs is 1. The van der Waals surface area contributed by atoms with Gasteiger partial charge in [-0.25, -0.2) is 4.39 Å². The summed E-state index contributed by atoms with van der Waals surface area (Å²) < 4.78 is 13.9. The largest absolute Gasteiger partial charge is 0.320 e. The van der Waals surface area contributed by atoms with Crippen molar-refractivity contribution in [3.05, 3.63) is 68.9 Å². The Balaban J connectivity index is 1.95. The first kappa shape index (κ1) is 13.8. The molecule has 2 aromatic rings. The van der Waals surface area contributed by atoms with Crippen molar-refractivity contribution in [2.24, 2.45) is 5.73 Å². The average molecular weight is 334 g/mol. The molecule has 104 valence electrons. The van der Waals surface area contributed by atoms with Gasteiger partial charge in [0, 0.05) is 4.47 Å². The van der Waals surface area contributed by atoms with E-state index in [9.17, 15) is 4.39 Å². The zero-order chi connectivity index (χ0) is 14.1. The van der Waals surface area contributed by atoms with Crippen LogP contribution in [0.15, 0.2) is 40.9 Å². The van der Waals surface area contributed by atoms with Gasteiger partial charge in [-0.05, 0) is 60.1 Å². The number of hydrogen-bond donors (Lipinski definition) is 1. The van der Waals surface area contributed by atoms with Crippen LogP contribution < -0.4 is 5.73 Å². The lowest BCUT2D eigenvalue weighted by atomic mass is 9.88. The van der Waals surface area contributed by atoms with E-state index in [-0.39, 0.29) is 11.9 Å². The Kier molecular flexibility index (Phi) is 3.90. The normalized spacial score (nSPS) is 15.8. The van der Waals surface area contributed by atoms with Crippen molar-refractivity contribution in [3.63, 3.8) is 0 Å². The van der Waals surface area contributed by atoms with Crippen LogP contribution in [-0.4, -0.2) is 0 Å². The van der Waals surface area contributed by atoms with Crippen molar-refractivity contribution in [3.8, 4) is 0 Å². The van der Waals surface area contributed by atoms with Crippen molar-refractivity contribution in [1.82, 2.24) is 0 Å². The summed E-state index contributed by atoms with van der Waals surface area (Å²) in [5.74, 6) is -0.252. The van der Waals surface area contributed by atoms with Crippen molar-refractivity contribution >= 4 is 15.9 Å². The van der Waals surface area contributed by atoms with Crippen LogP contribution >= 0.6 is 15.9 Å². The standard InChI is InChI=1S/C17H17BrFN/c18-16-10-14(19)7-8-15(16)17(20)13-6-5-11-3-1-2-4-12(11)9-13/h5-10,17H,1-4,20H2. The molecule has 1 unspecified atom stereocenters. The summed E-state index contributed by atoms with van der Waals surface area (Å²) in [6, 6.07) is 11.0. The number of aryl methyl sites for hydroxylation is 2. The smallest absolute Gasteiger partial charge is 0.124 e. The van der Waals surface area contributed by atoms with Gasteiger partial charge in [-0.3, -0.25) is 0 Å². The van der Waals surface area contributed by atoms with E-state index in [1.165, 1.54) is 42.5 Å². The van der Waals surface area contributed by atoms with Gasteiger partial charge in [0.1, 0.15) is 5.82 Å². The first-order valence-electron chi connectivity index (χ1n) is 6.97. The Labute approximate surface area is 127 Å². The molecular formula is C17H17BrFN. The van der Waals surface area contributed by atoms with Gasteiger partial charge in [0.15, 0.2) is 0 Å². The van der Waals surface area contributed by atoms with E-state index < -0.39 is 0 Å². The Morgan fingerprint density at radius 2 is 1.75 bits per heavy atom. The third kappa shape index (κ3) is 2.65. The predicted octanol–water partition coefficient (Wildman–Crippen LogP) is 4.52. The van der Waals surface area contributed by atoms with E-state index in [1.807, 2.05) is 0 Å². The summed E-state index contributed by atoms with van der Waals surface area (Å²) in [4.78, 5) is 0. The molecule has 0 bridgehead atoms. The fraction of sp³-hybridized carbons (Fsp3) is 0.294. The summed E-state index contributed by atoms with van der Waals surface area (Å²) in [5.41, 5.74) is 11.2. The molecule has 1 aliphatic rings. The van der Waals surface area contributed by atoms with Gasteiger partial charge >= 0.3 is 0 Å². The van der Waals surface area contributed by atoms with Crippen LogP contribution in [0, 0.1) is 5.82 Å². The lowest BCUT2D eigenvalue weighted by Gasteiger charge is -2.20. The van der Waals surface area contributed by atoms with Gasteiger partial charge in [0.2, 0.25) is 0 Å². The molecule has 0 radical (unpaired) electrons. The molecule has 0 saturated heterocycles. The molecule has 0 aliphatic heterocycles. The highest BCUT2D eigenvalue weighted by atomic mass is 79.9. The Morgan fingerprint density at radius 1 is 1.00 bits per heavy atom. The molecule has 0 heterocycles. The van der Waals surface area contributed by atoms with Crippen LogP contribution in [0.25, 0.3) is 0 Å². The predicted molar refractivity (Wildman–Crippen MR) is 83.2 cm³/mol. The van der Waals surface area contributed by atoms with Crippen LogP contribution in [0.5, 0.6) is 0 Å². The first-order valence-corrected chi connectivity index (χ1v) is 7.76. The van der Waals surface area contributed by atoms with E-state index in [1.54, 1.807) is 6.07 Å². The monoisotopic (exact) mass is 333 g/mol. The highest BCUT2D eigenvalue weighted by Gasteiger charge is 2.16. The van der Waals surface area contributed by atoms with Crippen LogP contribution in [0.2, 0.25) is 0 Å². The fourth-order valence-electron chi connectivity index (χ4n) is 2.88. The van der Waals surface area contributed by atoms with Crippen molar-refractivity contribution in [2.75, 3.05) is 0 Å².